The van der Waals surface area contributed by atoms with Gasteiger partial charge in [-0.05, 0) is 31.0 Å². The topological polar surface area (TPSA) is 60.2 Å². The van der Waals surface area contributed by atoms with Gasteiger partial charge in [0.2, 0.25) is 0 Å². The number of imidazole rings is 1. The zero-order valence-electron chi connectivity index (χ0n) is 14.4. The fourth-order valence-corrected chi connectivity index (χ4v) is 3.66. The highest BCUT2D eigenvalue weighted by molar-refractivity contribution is 6.31. The van der Waals surface area contributed by atoms with Crippen molar-refractivity contribution < 1.29 is 9.53 Å². The Labute approximate surface area is 156 Å². The predicted octanol–water partition coefficient (Wildman–Crippen LogP) is 3.46. The number of piperidine rings is 1. The van der Waals surface area contributed by atoms with Crippen molar-refractivity contribution in [1.29, 1.82) is 0 Å². The third kappa shape index (κ3) is 3.12. The van der Waals surface area contributed by atoms with E-state index in [1.807, 2.05) is 35.0 Å². The summed E-state index contributed by atoms with van der Waals surface area (Å²) in [6, 6.07) is 7.73. The maximum Gasteiger partial charge on any atom is 0.310 e. The van der Waals surface area contributed by atoms with Crippen LogP contribution in [0.1, 0.15) is 12.8 Å². The number of carbonyl (C=O) groups excluding carboxylic acids is 1. The number of hydrogen-bond acceptors (Lipinski definition) is 5. The molecule has 3 heterocycles. The van der Waals surface area contributed by atoms with E-state index >= 15 is 0 Å². The number of rotatable bonds is 3. The SMILES string of the molecule is COC(=O)C1CCCN(c2cc(-n3ccnc3)c3ccc(Cl)cc3n2)C1. The van der Waals surface area contributed by atoms with E-state index in [2.05, 4.69) is 9.88 Å². The van der Waals surface area contributed by atoms with Crippen LogP contribution in [-0.2, 0) is 9.53 Å². The van der Waals surface area contributed by atoms with Crippen molar-refractivity contribution in [2.24, 2.45) is 5.92 Å². The van der Waals surface area contributed by atoms with E-state index in [4.69, 9.17) is 21.3 Å². The van der Waals surface area contributed by atoms with Crippen molar-refractivity contribution in [3.05, 3.63) is 48.0 Å². The number of methoxy groups -OCH3 is 1. The average Bonchev–Trinajstić information content (AvgIpc) is 3.21. The molecule has 26 heavy (non-hydrogen) atoms. The molecule has 0 spiro atoms. The molecule has 7 heteroatoms. The molecule has 0 N–H and O–H groups in total. The Morgan fingerprint density at radius 3 is 3.00 bits per heavy atom. The average molecular weight is 371 g/mol. The van der Waals surface area contributed by atoms with Crippen molar-refractivity contribution in [2.45, 2.75) is 12.8 Å². The van der Waals surface area contributed by atoms with Crippen LogP contribution >= 0.6 is 11.6 Å². The summed E-state index contributed by atoms with van der Waals surface area (Å²) in [5.41, 5.74) is 1.80. The Kier molecular flexibility index (Phi) is 4.51. The van der Waals surface area contributed by atoms with Crippen LogP contribution in [0.3, 0.4) is 0 Å². The number of benzene rings is 1. The lowest BCUT2D eigenvalue weighted by Gasteiger charge is -2.32. The molecule has 1 aliphatic rings. The standard InChI is InChI=1S/C19H19ClN4O2/c1-26-19(25)13-3-2-7-23(11-13)18-10-17(24-8-6-21-12-24)15-5-4-14(20)9-16(15)22-18/h4-6,8-10,12-13H,2-3,7,11H2,1H3. The number of nitrogens with zero attached hydrogens (tertiary/aromatic N) is 4. The van der Waals surface area contributed by atoms with Gasteiger partial charge in [-0.3, -0.25) is 4.79 Å². The molecule has 1 aliphatic heterocycles. The lowest BCUT2D eigenvalue weighted by Crippen LogP contribution is -2.39. The first kappa shape index (κ1) is 16.8. The van der Waals surface area contributed by atoms with E-state index in [1.165, 1.54) is 7.11 Å². The van der Waals surface area contributed by atoms with Gasteiger partial charge in [-0.25, -0.2) is 9.97 Å². The number of pyridine rings is 1. The number of anilines is 1. The molecule has 0 aliphatic carbocycles. The molecule has 134 valence electrons. The third-order valence-electron chi connectivity index (χ3n) is 4.80. The highest BCUT2D eigenvalue weighted by Gasteiger charge is 2.27. The molecule has 1 unspecified atom stereocenters. The molecule has 6 nitrogen and oxygen atoms in total. The fraction of sp³-hybridized carbons (Fsp3) is 0.316. The van der Waals surface area contributed by atoms with Crippen LogP contribution in [0, 0.1) is 5.92 Å². The number of esters is 1. The van der Waals surface area contributed by atoms with Crippen molar-refractivity contribution in [1.82, 2.24) is 14.5 Å². The molecular weight excluding hydrogens is 352 g/mol. The van der Waals surface area contributed by atoms with Crippen LogP contribution in [-0.4, -0.2) is 40.7 Å². The van der Waals surface area contributed by atoms with E-state index in [-0.39, 0.29) is 11.9 Å². The lowest BCUT2D eigenvalue weighted by molar-refractivity contribution is -0.145. The first-order chi connectivity index (χ1) is 12.7. The minimum Gasteiger partial charge on any atom is -0.469 e. The van der Waals surface area contributed by atoms with Crippen LogP contribution < -0.4 is 4.90 Å². The number of carbonyl (C=O) groups is 1. The van der Waals surface area contributed by atoms with Gasteiger partial charge < -0.3 is 14.2 Å². The minimum absolute atomic E-state index is 0.123. The van der Waals surface area contributed by atoms with Crippen molar-refractivity contribution in [2.75, 3.05) is 25.1 Å². The first-order valence-corrected chi connectivity index (χ1v) is 8.95. The molecule has 0 amide bonds. The number of hydrogen-bond donors (Lipinski definition) is 0. The number of fused-ring (bicyclic) bond motifs is 1. The van der Waals surface area contributed by atoms with Gasteiger partial charge in [0.15, 0.2) is 0 Å². The zero-order valence-corrected chi connectivity index (χ0v) is 15.2. The number of ether oxygens (including phenoxy) is 1. The summed E-state index contributed by atoms with van der Waals surface area (Å²) in [7, 11) is 1.44. The molecule has 1 saturated heterocycles. The van der Waals surface area contributed by atoms with Crippen LogP contribution in [0.4, 0.5) is 5.82 Å². The van der Waals surface area contributed by atoms with Crippen LogP contribution in [0.2, 0.25) is 5.02 Å². The van der Waals surface area contributed by atoms with E-state index in [1.54, 1.807) is 12.5 Å². The molecule has 0 radical (unpaired) electrons. The molecule has 1 aromatic carbocycles. The largest absolute Gasteiger partial charge is 0.469 e. The predicted molar refractivity (Wildman–Crippen MR) is 101 cm³/mol. The summed E-state index contributed by atoms with van der Waals surface area (Å²) in [4.78, 5) is 23.1. The zero-order chi connectivity index (χ0) is 18.1. The number of aromatic nitrogens is 3. The normalized spacial score (nSPS) is 17.5. The summed E-state index contributed by atoms with van der Waals surface area (Å²) in [6.45, 7) is 1.46. The molecule has 0 bridgehead atoms. The number of halogens is 1. The van der Waals surface area contributed by atoms with Crippen molar-refractivity contribution in [3.8, 4) is 5.69 Å². The summed E-state index contributed by atoms with van der Waals surface area (Å²) in [5.74, 6) is 0.549. The quantitative estimate of drug-likeness (QED) is 0.661. The molecule has 0 saturated carbocycles. The Morgan fingerprint density at radius 1 is 1.35 bits per heavy atom. The van der Waals surface area contributed by atoms with Gasteiger partial charge in [-0.2, -0.15) is 0 Å². The smallest absolute Gasteiger partial charge is 0.310 e. The van der Waals surface area contributed by atoms with Crippen LogP contribution in [0.5, 0.6) is 0 Å². The second-order valence-electron chi connectivity index (χ2n) is 6.44. The minimum atomic E-state index is -0.159. The summed E-state index contributed by atoms with van der Waals surface area (Å²) < 4.78 is 6.89. The summed E-state index contributed by atoms with van der Waals surface area (Å²) in [5, 5.41) is 1.64. The Bertz CT molecular complexity index is 942. The lowest BCUT2D eigenvalue weighted by atomic mass is 9.98. The van der Waals surface area contributed by atoms with Crippen LogP contribution in [0.25, 0.3) is 16.6 Å². The highest BCUT2D eigenvalue weighted by Crippen LogP contribution is 2.30. The van der Waals surface area contributed by atoms with Gasteiger partial charge in [0, 0.05) is 42.0 Å². The van der Waals surface area contributed by atoms with Gasteiger partial charge in [-0.15, -0.1) is 0 Å². The van der Waals surface area contributed by atoms with Gasteiger partial charge in [0.25, 0.3) is 0 Å². The third-order valence-corrected chi connectivity index (χ3v) is 5.03. The van der Waals surface area contributed by atoms with Gasteiger partial charge in [0.05, 0.1) is 30.6 Å². The van der Waals surface area contributed by atoms with Crippen LogP contribution in [0.15, 0.2) is 43.0 Å². The fourth-order valence-electron chi connectivity index (χ4n) is 3.49. The van der Waals surface area contributed by atoms with Gasteiger partial charge >= 0.3 is 5.97 Å². The molecule has 3 aromatic rings. The Morgan fingerprint density at radius 2 is 2.23 bits per heavy atom. The molecule has 2 aromatic heterocycles. The molecule has 4 rings (SSSR count). The molecule has 1 atom stereocenters. The van der Waals surface area contributed by atoms with E-state index in [0.717, 1.165) is 41.8 Å². The van der Waals surface area contributed by atoms with E-state index < -0.39 is 0 Å². The summed E-state index contributed by atoms with van der Waals surface area (Å²) in [6.07, 6.45) is 7.18. The second kappa shape index (κ2) is 6.96. The van der Waals surface area contributed by atoms with Gasteiger partial charge in [-0.1, -0.05) is 11.6 Å². The monoisotopic (exact) mass is 370 g/mol. The maximum absolute atomic E-state index is 12.0. The van der Waals surface area contributed by atoms with Crippen molar-refractivity contribution >= 4 is 34.3 Å². The Hall–Kier alpha value is -2.60. The molecular formula is C19H19ClN4O2. The summed E-state index contributed by atoms with van der Waals surface area (Å²) >= 11 is 6.18. The van der Waals surface area contributed by atoms with Gasteiger partial charge in [0.1, 0.15) is 5.82 Å². The Balaban J connectivity index is 1.79. The van der Waals surface area contributed by atoms with E-state index in [0.29, 0.717) is 11.6 Å². The maximum atomic E-state index is 12.0. The van der Waals surface area contributed by atoms with Crippen molar-refractivity contribution in [3.63, 3.8) is 0 Å². The highest BCUT2D eigenvalue weighted by atomic mass is 35.5. The van der Waals surface area contributed by atoms with E-state index in [9.17, 15) is 4.79 Å². The second-order valence-corrected chi connectivity index (χ2v) is 6.88. The molecule has 1 fully saturated rings. The first-order valence-electron chi connectivity index (χ1n) is 8.57.